The van der Waals surface area contributed by atoms with Gasteiger partial charge < -0.3 is 30.3 Å². The molecule has 4 N–H and O–H groups in total. The predicted octanol–water partition coefficient (Wildman–Crippen LogP) is 0.855. The van der Waals surface area contributed by atoms with Crippen LogP contribution in [0.2, 0.25) is 0 Å². The molecule has 1 aliphatic heterocycles. The van der Waals surface area contributed by atoms with Gasteiger partial charge in [-0.3, -0.25) is 4.99 Å². The molecule has 7 heteroatoms. The van der Waals surface area contributed by atoms with E-state index in [1.807, 2.05) is 0 Å². The maximum atomic E-state index is 9.93. The van der Waals surface area contributed by atoms with Crippen LogP contribution in [0.3, 0.4) is 0 Å². The number of aliphatic hydroxyl groups is 1. The summed E-state index contributed by atoms with van der Waals surface area (Å²) in [6.45, 7) is 2.62. The summed E-state index contributed by atoms with van der Waals surface area (Å²) in [6, 6.07) is 5.11. The van der Waals surface area contributed by atoms with Gasteiger partial charge >= 0.3 is 0 Å². The molecule has 0 radical (unpaired) electrons. The highest BCUT2D eigenvalue weighted by atomic mass is 16.5. The lowest BCUT2D eigenvalue weighted by atomic mass is 9.84. The van der Waals surface area contributed by atoms with Gasteiger partial charge in [-0.2, -0.15) is 0 Å². The van der Waals surface area contributed by atoms with Crippen LogP contribution in [0.1, 0.15) is 18.4 Å². The number of aromatic hydroxyl groups is 1. The quantitative estimate of drug-likeness (QED) is 0.435. The number of hydrogen-bond donors (Lipinski definition) is 4. The molecule has 0 aromatic heterocycles. The van der Waals surface area contributed by atoms with E-state index in [-0.39, 0.29) is 17.8 Å². The zero-order chi connectivity index (χ0) is 17.4. The number of guanidine groups is 1. The van der Waals surface area contributed by atoms with E-state index in [4.69, 9.17) is 9.47 Å². The summed E-state index contributed by atoms with van der Waals surface area (Å²) in [5.41, 5.74) is 0.677. The Balaban J connectivity index is 1.91. The van der Waals surface area contributed by atoms with E-state index in [1.165, 1.54) is 0 Å². The SMILES string of the molecule is CN=C(NCc1cc(OC)ccc1O)NCC1(CCO)CCOC1. The van der Waals surface area contributed by atoms with Crippen LogP contribution in [0.5, 0.6) is 11.5 Å². The summed E-state index contributed by atoms with van der Waals surface area (Å²) in [7, 11) is 3.29. The maximum absolute atomic E-state index is 9.93. The third-order valence-corrected chi connectivity index (χ3v) is 4.41. The van der Waals surface area contributed by atoms with E-state index < -0.39 is 0 Å². The van der Waals surface area contributed by atoms with E-state index in [0.29, 0.717) is 37.8 Å². The lowest BCUT2D eigenvalue weighted by molar-refractivity contribution is 0.127. The first kappa shape index (κ1) is 18.4. The number of nitrogens with one attached hydrogen (secondary N) is 2. The lowest BCUT2D eigenvalue weighted by Gasteiger charge is -2.27. The Hall–Kier alpha value is -1.99. The van der Waals surface area contributed by atoms with Gasteiger partial charge in [-0.25, -0.2) is 0 Å². The van der Waals surface area contributed by atoms with Gasteiger partial charge in [0.2, 0.25) is 0 Å². The second-order valence-electron chi connectivity index (χ2n) is 6.05. The van der Waals surface area contributed by atoms with Crippen molar-refractivity contribution in [1.82, 2.24) is 10.6 Å². The molecule has 134 valence electrons. The van der Waals surface area contributed by atoms with Gasteiger partial charge in [0.15, 0.2) is 5.96 Å². The van der Waals surface area contributed by atoms with Gasteiger partial charge in [-0.1, -0.05) is 0 Å². The Kier molecular flexibility index (Phi) is 6.69. The van der Waals surface area contributed by atoms with Crippen molar-refractivity contribution in [1.29, 1.82) is 0 Å². The highest BCUT2D eigenvalue weighted by Gasteiger charge is 2.34. The van der Waals surface area contributed by atoms with E-state index in [0.717, 1.165) is 18.6 Å². The van der Waals surface area contributed by atoms with E-state index >= 15 is 0 Å². The molecule has 0 bridgehead atoms. The topological polar surface area (TPSA) is 95.3 Å². The number of phenols is 1. The molecule has 1 aliphatic rings. The van der Waals surface area contributed by atoms with Crippen molar-refractivity contribution in [2.24, 2.45) is 10.4 Å². The molecule has 1 fully saturated rings. The molecule has 2 rings (SSSR count). The first-order chi connectivity index (χ1) is 11.6. The molecular weight excluding hydrogens is 310 g/mol. The summed E-state index contributed by atoms with van der Waals surface area (Å²) >= 11 is 0. The van der Waals surface area contributed by atoms with Crippen LogP contribution < -0.4 is 15.4 Å². The Bertz CT molecular complexity index is 557. The highest BCUT2D eigenvalue weighted by Crippen LogP contribution is 2.31. The van der Waals surface area contributed by atoms with E-state index in [1.54, 1.807) is 32.4 Å². The van der Waals surface area contributed by atoms with Crippen molar-refractivity contribution in [3.05, 3.63) is 23.8 Å². The van der Waals surface area contributed by atoms with Gasteiger partial charge in [0.25, 0.3) is 0 Å². The number of nitrogens with zero attached hydrogens (tertiary/aromatic N) is 1. The molecule has 1 atom stereocenters. The zero-order valence-electron chi connectivity index (χ0n) is 14.3. The molecule has 24 heavy (non-hydrogen) atoms. The van der Waals surface area contributed by atoms with Crippen molar-refractivity contribution in [3.63, 3.8) is 0 Å². The highest BCUT2D eigenvalue weighted by molar-refractivity contribution is 5.79. The molecule has 1 unspecified atom stereocenters. The van der Waals surface area contributed by atoms with Gasteiger partial charge in [0.1, 0.15) is 11.5 Å². The summed E-state index contributed by atoms with van der Waals surface area (Å²) in [4.78, 5) is 4.21. The monoisotopic (exact) mass is 337 g/mol. The van der Waals surface area contributed by atoms with Crippen LogP contribution in [0.15, 0.2) is 23.2 Å². The van der Waals surface area contributed by atoms with Crippen LogP contribution >= 0.6 is 0 Å². The fourth-order valence-electron chi connectivity index (χ4n) is 2.81. The Labute approximate surface area is 142 Å². The predicted molar refractivity (Wildman–Crippen MR) is 92.4 cm³/mol. The fraction of sp³-hybridized carbons (Fsp3) is 0.588. The smallest absolute Gasteiger partial charge is 0.191 e. The number of benzene rings is 1. The van der Waals surface area contributed by atoms with Crippen molar-refractivity contribution >= 4 is 5.96 Å². The molecule has 1 saturated heterocycles. The van der Waals surface area contributed by atoms with Crippen molar-refractivity contribution in [2.45, 2.75) is 19.4 Å². The number of ether oxygens (including phenoxy) is 2. The second-order valence-corrected chi connectivity index (χ2v) is 6.05. The molecule has 0 amide bonds. The van der Waals surface area contributed by atoms with Gasteiger partial charge in [-0.05, 0) is 31.0 Å². The normalized spacial score (nSPS) is 20.9. The van der Waals surface area contributed by atoms with Crippen molar-refractivity contribution in [2.75, 3.05) is 40.5 Å². The van der Waals surface area contributed by atoms with Crippen LogP contribution in [-0.4, -0.2) is 56.7 Å². The molecular formula is C17H27N3O4. The Morgan fingerprint density at radius 1 is 1.42 bits per heavy atom. The van der Waals surface area contributed by atoms with Gasteiger partial charge in [0.05, 0.1) is 13.7 Å². The van der Waals surface area contributed by atoms with Crippen molar-refractivity contribution in [3.8, 4) is 11.5 Å². The average Bonchev–Trinajstić information content (AvgIpc) is 3.05. The third-order valence-electron chi connectivity index (χ3n) is 4.41. The third kappa shape index (κ3) is 4.75. The van der Waals surface area contributed by atoms with Crippen molar-refractivity contribution < 1.29 is 19.7 Å². The first-order valence-electron chi connectivity index (χ1n) is 8.11. The minimum atomic E-state index is -0.0511. The fourth-order valence-corrected chi connectivity index (χ4v) is 2.81. The number of phenolic OH excluding ortho intramolecular Hbond substituents is 1. The molecule has 1 aromatic carbocycles. The lowest BCUT2D eigenvalue weighted by Crippen LogP contribution is -2.44. The number of hydrogen-bond acceptors (Lipinski definition) is 5. The molecule has 7 nitrogen and oxygen atoms in total. The zero-order valence-corrected chi connectivity index (χ0v) is 14.3. The van der Waals surface area contributed by atoms with E-state index in [2.05, 4.69) is 15.6 Å². The summed E-state index contributed by atoms with van der Waals surface area (Å²) in [5, 5.41) is 25.7. The summed E-state index contributed by atoms with van der Waals surface area (Å²) < 4.78 is 10.7. The standard InChI is InChI=1S/C17H27N3O4/c1-18-16(20-11-17(5-7-21)6-8-24-12-17)19-10-13-9-14(23-2)3-4-15(13)22/h3-4,9,21-22H,5-8,10-12H2,1-2H3,(H2,18,19,20). The molecule has 0 spiro atoms. The van der Waals surface area contributed by atoms with Crippen LogP contribution in [0, 0.1) is 5.41 Å². The minimum Gasteiger partial charge on any atom is -0.508 e. The maximum Gasteiger partial charge on any atom is 0.191 e. The molecule has 0 saturated carbocycles. The summed E-state index contributed by atoms with van der Waals surface area (Å²) in [6.07, 6.45) is 1.63. The van der Waals surface area contributed by atoms with Crippen LogP contribution in [0.25, 0.3) is 0 Å². The first-order valence-corrected chi connectivity index (χ1v) is 8.11. The average molecular weight is 337 g/mol. The number of methoxy groups -OCH3 is 1. The Morgan fingerprint density at radius 2 is 2.25 bits per heavy atom. The largest absolute Gasteiger partial charge is 0.508 e. The van der Waals surface area contributed by atoms with Gasteiger partial charge in [-0.15, -0.1) is 0 Å². The molecule has 1 aromatic rings. The van der Waals surface area contributed by atoms with Crippen LogP contribution in [0.4, 0.5) is 0 Å². The number of aliphatic imine (C=N–C) groups is 1. The number of aliphatic hydroxyl groups excluding tert-OH is 1. The van der Waals surface area contributed by atoms with Crippen LogP contribution in [-0.2, 0) is 11.3 Å². The summed E-state index contributed by atoms with van der Waals surface area (Å²) in [5.74, 6) is 1.54. The second kappa shape index (κ2) is 8.75. The van der Waals surface area contributed by atoms with E-state index in [9.17, 15) is 10.2 Å². The number of rotatable bonds is 7. The van der Waals surface area contributed by atoms with Gasteiger partial charge in [0, 0.05) is 44.3 Å². The minimum absolute atomic E-state index is 0.0511. The molecule has 1 heterocycles. The Morgan fingerprint density at radius 3 is 2.88 bits per heavy atom. The molecule has 0 aliphatic carbocycles.